The second kappa shape index (κ2) is 10.0. The molecule has 0 radical (unpaired) electrons. The topological polar surface area (TPSA) is 118 Å². The summed E-state index contributed by atoms with van der Waals surface area (Å²) in [5.41, 5.74) is 1.19. The zero-order valence-corrected chi connectivity index (χ0v) is 18.7. The molecular weight excluding hydrogens is 442 g/mol. The number of rotatable bonds is 10. The number of benzene rings is 2. The fraction of sp³-hybridized carbons (Fsp3) is 0.250. The fourth-order valence-corrected chi connectivity index (χ4v) is 4.27. The van der Waals surface area contributed by atoms with Gasteiger partial charge in [-0.05, 0) is 54.8 Å². The van der Waals surface area contributed by atoms with Crippen LogP contribution in [0, 0.1) is 0 Å². The largest absolute Gasteiger partial charge is 0.468 e. The highest BCUT2D eigenvalue weighted by atomic mass is 32.2. The molecule has 1 saturated carbocycles. The van der Waals surface area contributed by atoms with Crippen LogP contribution in [-0.4, -0.2) is 32.3 Å². The van der Waals surface area contributed by atoms with E-state index in [2.05, 4.69) is 15.4 Å². The summed E-state index contributed by atoms with van der Waals surface area (Å²) < 4.78 is 32.5. The number of sulfonamides is 1. The molecule has 1 aliphatic carbocycles. The van der Waals surface area contributed by atoms with Gasteiger partial charge in [0.15, 0.2) is 0 Å². The Balaban J connectivity index is 1.42. The normalized spacial score (nSPS) is 14.4. The van der Waals surface area contributed by atoms with E-state index in [9.17, 15) is 18.0 Å². The van der Waals surface area contributed by atoms with Gasteiger partial charge in [0.1, 0.15) is 11.8 Å². The van der Waals surface area contributed by atoms with Gasteiger partial charge in [-0.2, -0.15) is 0 Å². The van der Waals surface area contributed by atoms with Crippen LogP contribution < -0.4 is 15.4 Å². The first-order valence-electron chi connectivity index (χ1n) is 10.7. The van der Waals surface area contributed by atoms with Crippen molar-refractivity contribution in [2.45, 2.75) is 42.8 Å². The van der Waals surface area contributed by atoms with Crippen molar-refractivity contribution in [2.75, 3.05) is 0 Å². The van der Waals surface area contributed by atoms with Crippen LogP contribution >= 0.6 is 0 Å². The number of carbonyl (C=O) groups excluding carboxylic acids is 2. The molecule has 8 nitrogen and oxygen atoms in total. The van der Waals surface area contributed by atoms with E-state index in [1.54, 1.807) is 12.1 Å². The summed E-state index contributed by atoms with van der Waals surface area (Å²) in [5.74, 6) is -0.186. The lowest BCUT2D eigenvalue weighted by molar-refractivity contribution is -0.123. The molecule has 9 heteroatoms. The lowest BCUT2D eigenvalue weighted by atomic mass is 10.0. The molecule has 1 heterocycles. The van der Waals surface area contributed by atoms with E-state index in [-0.39, 0.29) is 29.0 Å². The lowest BCUT2D eigenvalue weighted by Crippen LogP contribution is -2.48. The van der Waals surface area contributed by atoms with Gasteiger partial charge in [0.2, 0.25) is 15.9 Å². The van der Waals surface area contributed by atoms with Gasteiger partial charge in [0.25, 0.3) is 5.91 Å². The van der Waals surface area contributed by atoms with Gasteiger partial charge in [-0.25, -0.2) is 13.1 Å². The first-order chi connectivity index (χ1) is 15.9. The predicted molar refractivity (Wildman–Crippen MR) is 122 cm³/mol. The Hall–Kier alpha value is -3.43. The molecule has 3 N–H and O–H groups in total. The van der Waals surface area contributed by atoms with E-state index in [0.717, 1.165) is 18.4 Å². The second-order valence-corrected chi connectivity index (χ2v) is 9.69. The van der Waals surface area contributed by atoms with Crippen LogP contribution in [0.3, 0.4) is 0 Å². The lowest BCUT2D eigenvalue weighted by Gasteiger charge is -2.19. The quantitative estimate of drug-likeness (QED) is 0.423. The molecule has 33 heavy (non-hydrogen) atoms. The highest BCUT2D eigenvalue weighted by molar-refractivity contribution is 7.89. The molecule has 0 aliphatic heterocycles. The Bertz CT molecular complexity index is 1190. The van der Waals surface area contributed by atoms with Crippen molar-refractivity contribution in [3.8, 4) is 0 Å². The molecule has 4 rings (SSSR count). The van der Waals surface area contributed by atoms with E-state index < -0.39 is 22.0 Å². The van der Waals surface area contributed by atoms with Crippen LogP contribution in [0.15, 0.2) is 82.3 Å². The smallest absolute Gasteiger partial charge is 0.251 e. The Labute approximate surface area is 192 Å². The van der Waals surface area contributed by atoms with Gasteiger partial charge < -0.3 is 15.1 Å². The molecule has 2 aromatic carbocycles. The highest BCUT2D eigenvalue weighted by Gasteiger charge is 2.29. The summed E-state index contributed by atoms with van der Waals surface area (Å²) >= 11 is 0. The standard InChI is InChI=1S/C24H25N3O5S/c28-23(27-22(24(29)26-19-10-11-19)15-17-5-2-1-3-6-17)18-8-12-21(13-9-18)33(30,31)25-16-20-7-4-14-32-20/h1-9,12-14,19,22,25H,10-11,15-16H2,(H,26,29)(H,27,28). The number of carbonyl (C=O) groups is 2. The summed E-state index contributed by atoms with van der Waals surface area (Å²) in [6.07, 6.45) is 3.71. The molecule has 0 bridgehead atoms. The monoisotopic (exact) mass is 467 g/mol. The maximum absolute atomic E-state index is 12.8. The number of nitrogens with one attached hydrogen (secondary N) is 3. The first kappa shape index (κ1) is 22.8. The second-order valence-electron chi connectivity index (χ2n) is 7.93. The third kappa shape index (κ3) is 6.30. The Morgan fingerprint density at radius 2 is 1.70 bits per heavy atom. The van der Waals surface area contributed by atoms with Crippen LogP contribution in [0.5, 0.6) is 0 Å². The average Bonchev–Trinajstić information content (AvgIpc) is 3.47. The molecule has 0 saturated heterocycles. The fourth-order valence-electron chi connectivity index (χ4n) is 3.28. The van der Waals surface area contributed by atoms with E-state index in [1.165, 1.54) is 30.5 Å². The SMILES string of the molecule is O=C(NC(Cc1ccccc1)C(=O)NC1CC1)c1ccc(S(=O)(=O)NCc2ccco2)cc1. The summed E-state index contributed by atoms with van der Waals surface area (Å²) in [6.45, 7) is 0.0227. The summed E-state index contributed by atoms with van der Waals surface area (Å²) in [5, 5.41) is 5.72. The van der Waals surface area contributed by atoms with Gasteiger partial charge >= 0.3 is 0 Å². The minimum absolute atomic E-state index is 0.0227. The van der Waals surface area contributed by atoms with Crippen molar-refractivity contribution >= 4 is 21.8 Å². The van der Waals surface area contributed by atoms with Crippen LogP contribution in [0.2, 0.25) is 0 Å². The van der Waals surface area contributed by atoms with Gasteiger partial charge in [-0.1, -0.05) is 30.3 Å². The van der Waals surface area contributed by atoms with Gasteiger partial charge in [-0.3, -0.25) is 9.59 Å². The molecular formula is C24H25N3O5S. The van der Waals surface area contributed by atoms with E-state index >= 15 is 0 Å². The van der Waals surface area contributed by atoms with Crippen LogP contribution in [-0.2, 0) is 27.8 Å². The molecule has 1 aromatic heterocycles. The Morgan fingerprint density at radius 1 is 0.970 bits per heavy atom. The Kier molecular flexibility index (Phi) is 6.90. The van der Waals surface area contributed by atoms with E-state index in [1.807, 2.05) is 30.3 Å². The highest BCUT2D eigenvalue weighted by Crippen LogP contribution is 2.19. The third-order valence-electron chi connectivity index (χ3n) is 5.27. The predicted octanol–water partition coefficient (Wildman–Crippen LogP) is 2.38. The number of hydrogen-bond acceptors (Lipinski definition) is 5. The van der Waals surface area contributed by atoms with E-state index in [4.69, 9.17) is 4.42 Å². The number of furan rings is 1. The molecule has 0 spiro atoms. The molecule has 1 aliphatic rings. The number of hydrogen-bond donors (Lipinski definition) is 3. The minimum Gasteiger partial charge on any atom is -0.468 e. The molecule has 1 fully saturated rings. The maximum atomic E-state index is 12.8. The van der Waals surface area contributed by atoms with Gasteiger partial charge in [0, 0.05) is 18.0 Å². The molecule has 2 amide bonds. The van der Waals surface area contributed by atoms with Gasteiger partial charge in [-0.15, -0.1) is 0 Å². The zero-order valence-electron chi connectivity index (χ0n) is 17.9. The number of amides is 2. The van der Waals surface area contributed by atoms with Crippen molar-refractivity contribution < 1.29 is 22.4 Å². The van der Waals surface area contributed by atoms with Crippen LogP contribution in [0.1, 0.15) is 34.5 Å². The maximum Gasteiger partial charge on any atom is 0.251 e. The summed E-state index contributed by atoms with van der Waals surface area (Å²) in [7, 11) is -3.77. The minimum atomic E-state index is -3.77. The van der Waals surface area contributed by atoms with Crippen LogP contribution in [0.25, 0.3) is 0 Å². The molecule has 3 aromatic rings. The van der Waals surface area contributed by atoms with Crippen molar-refractivity contribution in [3.05, 3.63) is 89.9 Å². The van der Waals surface area contributed by atoms with Crippen molar-refractivity contribution in [1.29, 1.82) is 0 Å². The van der Waals surface area contributed by atoms with Gasteiger partial charge in [0.05, 0.1) is 17.7 Å². The van der Waals surface area contributed by atoms with Crippen molar-refractivity contribution in [2.24, 2.45) is 0 Å². The van der Waals surface area contributed by atoms with Crippen molar-refractivity contribution in [3.63, 3.8) is 0 Å². The summed E-state index contributed by atoms with van der Waals surface area (Å²) in [6, 6.07) is 17.8. The van der Waals surface area contributed by atoms with E-state index in [0.29, 0.717) is 12.2 Å². The summed E-state index contributed by atoms with van der Waals surface area (Å²) in [4.78, 5) is 25.5. The molecule has 1 atom stereocenters. The average molecular weight is 468 g/mol. The van der Waals surface area contributed by atoms with Crippen molar-refractivity contribution in [1.82, 2.24) is 15.4 Å². The zero-order chi connectivity index (χ0) is 23.3. The van der Waals surface area contributed by atoms with Crippen LogP contribution in [0.4, 0.5) is 0 Å². The molecule has 172 valence electrons. The Morgan fingerprint density at radius 3 is 2.33 bits per heavy atom. The molecule has 1 unspecified atom stereocenters. The first-order valence-corrected chi connectivity index (χ1v) is 12.2. The third-order valence-corrected chi connectivity index (χ3v) is 6.69.